The van der Waals surface area contributed by atoms with Crippen LogP contribution in [0.5, 0.6) is 0 Å². The number of aryl methyl sites for hydroxylation is 2. The summed E-state index contributed by atoms with van der Waals surface area (Å²) in [6, 6.07) is 54.4. The first-order chi connectivity index (χ1) is 31.1. The Morgan fingerprint density at radius 1 is 0.538 bits per heavy atom. The van der Waals surface area contributed by atoms with Gasteiger partial charge in [0, 0.05) is 72.0 Å². The number of benzene rings is 7. The van der Waals surface area contributed by atoms with Crippen LogP contribution in [0.1, 0.15) is 97.9 Å². The van der Waals surface area contributed by atoms with E-state index in [1.807, 2.05) is 11.3 Å². The summed E-state index contributed by atoms with van der Waals surface area (Å²) in [7, 11) is 2.19. The fraction of sp³-hybridized carbons (Fsp3) is 0.267. The van der Waals surface area contributed by atoms with Gasteiger partial charge in [0.25, 0.3) is 6.71 Å². The van der Waals surface area contributed by atoms with Gasteiger partial charge >= 0.3 is 0 Å². The standard InChI is InChI=1S/C60H60BN3S/c1-12-37-21-27-42(28-22-37)63-52-19-16-20-53-55(52)61(57-56(63)46-35-40(59(6,7)8)26-32-54(46)65-57)47-36-41(60(9,10)13-2)25-31-51(47)64(53)50-30-24-39(58(3,4)5)34-44(50)38-23-29-49-45(33-38)43-17-14-15-18-48(43)62(49)11/h14-36H,12-13H2,1-11H3. The van der Waals surface area contributed by atoms with Gasteiger partial charge in [0.2, 0.25) is 0 Å². The number of aromatic nitrogens is 1. The van der Waals surface area contributed by atoms with Crippen LogP contribution in [-0.2, 0) is 29.7 Å². The highest BCUT2D eigenvalue weighted by Crippen LogP contribution is 2.50. The van der Waals surface area contributed by atoms with Crippen molar-refractivity contribution >= 4 is 99.8 Å². The smallest absolute Gasteiger partial charge is 0.264 e. The number of para-hydroxylation sites is 1. The van der Waals surface area contributed by atoms with Crippen LogP contribution in [0, 0.1) is 0 Å². The molecule has 3 nitrogen and oxygen atoms in total. The SMILES string of the molecule is CCc1ccc(N2c3cccc4c3B(c3cc(C(C)(C)CC)ccc3N4c3ccc(C(C)(C)C)cc3-c3ccc4c(c3)c3ccccc3n4C)c3sc4ccc(C(C)(C)C)cc4c32)cc1. The average molecular weight is 866 g/mol. The second kappa shape index (κ2) is 14.7. The zero-order valence-electron chi connectivity index (χ0n) is 40.0. The number of hydrogen-bond donors (Lipinski definition) is 0. The summed E-state index contributed by atoms with van der Waals surface area (Å²) in [6.07, 6.45) is 2.07. The topological polar surface area (TPSA) is 11.4 Å². The largest absolute Gasteiger partial charge is 0.344 e. The molecule has 0 saturated heterocycles. The van der Waals surface area contributed by atoms with Gasteiger partial charge in [-0.2, -0.15) is 0 Å². The lowest BCUT2D eigenvalue weighted by Gasteiger charge is -2.44. The zero-order chi connectivity index (χ0) is 45.3. The Balaban J connectivity index is 1.23. The maximum absolute atomic E-state index is 2.62. The van der Waals surface area contributed by atoms with Gasteiger partial charge in [-0.15, -0.1) is 11.3 Å². The zero-order valence-corrected chi connectivity index (χ0v) is 40.8. The van der Waals surface area contributed by atoms with Gasteiger partial charge in [-0.1, -0.05) is 136 Å². The molecule has 2 aliphatic heterocycles. The van der Waals surface area contributed by atoms with Crippen LogP contribution in [0.3, 0.4) is 0 Å². The summed E-state index contributed by atoms with van der Waals surface area (Å²) >= 11 is 1.99. The van der Waals surface area contributed by atoms with E-state index < -0.39 is 0 Å². The molecular weight excluding hydrogens is 806 g/mol. The first-order valence-electron chi connectivity index (χ1n) is 23.7. The van der Waals surface area contributed by atoms with Crippen molar-refractivity contribution < 1.29 is 0 Å². The van der Waals surface area contributed by atoms with E-state index in [1.165, 1.54) is 115 Å². The van der Waals surface area contributed by atoms with Crippen molar-refractivity contribution in [3.63, 3.8) is 0 Å². The highest BCUT2D eigenvalue weighted by Gasteiger charge is 2.46. The molecule has 0 radical (unpaired) electrons. The third kappa shape index (κ3) is 6.44. The van der Waals surface area contributed by atoms with Gasteiger partial charge in [-0.05, 0) is 141 Å². The molecule has 0 fully saturated rings. The molecule has 2 aromatic heterocycles. The molecule has 5 heteroatoms. The molecule has 2 aliphatic rings. The van der Waals surface area contributed by atoms with E-state index in [1.54, 1.807) is 0 Å². The third-order valence-electron chi connectivity index (χ3n) is 15.0. The van der Waals surface area contributed by atoms with Gasteiger partial charge < -0.3 is 14.4 Å². The number of fused-ring (bicyclic) bond motifs is 9. The van der Waals surface area contributed by atoms with Crippen LogP contribution in [0.25, 0.3) is 43.0 Å². The molecule has 11 rings (SSSR count). The Bertz CT molecular complexity index is 3370. The van der Waals surface area contributed by atoms with E-state index in [0.717, 1.165) is 12.8 Å². The van der Waals surface area contributed by atoms with Gasteiger partial charge in [0.1, 0.15) is 0 Å². The lowest BCUT2D eigenvalue weighted by Crippen LogP contribution is -2.60. The minimum atomic E-state index is -0.0352. The van der Waals surface area contributed by atoms with Crippen molar-refractivity contribution in [2.45, 2.75) is 98.3 Å². The first kappa shape index (κ1) is 41.7. The van der Waals surface area contributed by atoms with Gasteiger partial charge in [-0.3, -0.25) is 0 Å². The maximum atomic E-state index is 2.62. The number of nitrogens with zero attached hydrogens (tertiary/aromatic N) is 3. The van der Waals surface area contributed by atoms with Gasteiger partial charge in [0.05, 0.1) is 11.4 Å². The predicted octanol–water partition coefficient (Wildman–Crippen LogP) is 15.1. The van der Waals surface area contributed by atoms with E-state index in [0.29, 0.717) is 0 Å². The van der Waals surface area contributed by atoms with Crippen molar-refractivity contribution in [1.82, 2.24) is 4.57 Å². The lowest BCUT2D eigenvalue weighted by atomic mass is 9.36. The normalized spacial score (nSPS) is 13.8. The molecule has 0 unspecified atom stereocenters. The molecule has 0 N–H and O–H groups in total. The molecule has 0 spiro atoms. The molecule has 0 amide bonds. The van der Waals surface area contributed by atoms with Crippen LogP contribution in [0.2, 0.25) is 0 Å². The fourth-order valence-corrected chi connectivity index (χ4v) is 12.0. The highest BCUT2D eigenvalue weighted by atomic mass is 32.1. The molecule has 9 aromatic rings. The summed E-state index contributed by atoms with van der Waals surface area (Å²) in [6.45, 7) is 23.4. The van der Waals surface area contributed by atoms with Crippen molar-refractivity contribution in [2.24, 2.45) is 7.05 Å². The fourth-order valence-electron chi connectivity index (χ4n) is 10.7. The molecule has 324 valence electrons. The van der Waals surface area contributed by atoms with Gasteiger partial charge in [0.15, 0.2) is 0 Å². The van der Waals surface area contributed by atoms with E-state index in [9.17, 15) is 0 Å². The monoisotopic (exact) mass is 865 g/mol. The summed E-state index contributed by atoms with van der Waals surface area (Å²) in [5.41, 5.74) is 20.6. The van der Waals surface area contributed by atoms with Crippen molar-refractivity contribution in [1.29, 1.82) is 0 Å². The molecule has 0 aliphatic carbocycles. The molecular formula is C60H60BN3S. The Labute approximate surface area is 390 Å². The predicted molar refractivity (Wildman–Crippen MR) is 285 cm³/mol. The quantitative estimate of drug-likeness (QED) is 0.154. The summed E-state index contributed by atoms with van der Waals surface area (Å²) in [5.74, 6) is 0. The number of rotatable bonds is 6. The summed E-state index contributed by atoms with van der Waals surface area (Å²) in [4.78, 5) is 5.23. The number of hydrogen-bond acceptors (Lipinski definition) is 3. The highest BCUT2D eigenvalue weighted by molar-refractivity contribution is 7.33. The first-order valence-corrected chi connectivity index (χ1v) is 24.5. The Morgan fingerprint density at radius 3 is 1.92 bits per heavy atom. The Hall–Kier alpha value is -6.04. The van der Waals surface area contributed by atoms with Crippen molar-refractivity contribution in [3.05, 3.63) is 162 Å². The molecule has 4 heterocycles. The Morgan fingerprint density at radius 2 is 1.20 bits per heavy atom. The molecule has 0 bridgehead atoms. The van der Waals surface area contributed by atoms with E-state index in [4.69, 9.17) is 0 Å². The number of anilines is 6. The van der Waals surface area contributed by atoms with E-state index in [2.05, 4.69) is 230 Å². The van der Waals surface area contributed by atoms with E-state index >= 15 is 0 Å². The number of thiophene rings is 1. The molecule has 0 saturated carbocycles. The average Bonchev–Trinajstić information content (AvgIpc) is 3.82. The second-order valence-electron chi connectivity index (χ2n) is 21.4. The van der Waals surface area contributed by atoms with Crippen LogP contribution in [0.15, 0.2) is 140 Å². The second-order valence-corrected chi connectivity index (χ2v) is 22.5. The van der Waals surface area contributed by atoms with E-state index in [-0.39, 0.29) is 23.0 Å². The summed E-state index contributed by atoms with van der Waals surface area (Å²) < 4.78 is 5.09. The van der Waals surface area contributed by atoms with Crippen molar-refractivity contribution in [2.75, 3.05) is 9.80 Å². The van der Waals surface area contributed by atoms with Crippen molar-refractivity contribution in [3.8, 4) is 11.1 Å². The molecule has 7 aromatic carbocycles. The van der Waals surface area contributed by atoms with Crippen LogP contribution >= 0.6 is 11.3 Å². The van der Waals surface area contributed by atoms with Crippen LogP contribution in [0.4, 0.5) is 34.1 Å². The molecule has 0 atom stereocenters. The van der Waals surface area contributed by atoms with Gasteiger partial charge in [-0.25, -0.2) is 0 Å². The van der Waals surface area contributed by atoms with Crippen LogP contribution < -0.4 is 25.5 Å². The maximum Gasteiger partial charge on any atom is 0.264 e. The molecule has 65 heavy (non-hydrogen) atoms. The minimum absolute atomic E-state index is 0.0133. The minimum Gasteiger partial charge on any atom is -0.344 e. The lowest BCUT2D eigenvalue weighted by molar-refractivity contribution is 0.506. The Kier molecular flexibility index (Phi) is 9.45. The third-order valence-corrected chi connectivity index (χ3v) is 16.3. The van der Waals surface area contributed by atoms with Crippen LogP contribution in [-0.4, -0.2) is 11.3 Å². The summed E-state index contributed by atoms with van der Waals surface area (Å²) in [5, 5.41) is 3.91.